The van der Waals surface area contributed by atoms with E-state index in [4.69, 9.17) is 9.84 Å². The summed E-state index contributed by atoms with van der Waals surface area (Å²) in [6, 6.07) is 6.16. The Balaban J connectivity index is 2.61. The van der Waals surface area contributed by atoms with Gasteiger partial charge in [-0.25, -0.2) is 0 Å². The van der Waals surface area contributed by atoms with Crippen LogP contribution in [0.2, 0.25) is 0 Å². The Morgan fingerprint density at radius 2 is 2.21 bits per heavy atom. The summed E-state index contributed by atoms with van der Waals surface area (Å²) >= 11 is 1.59. The van der Waals surface area contributed by atoms with Gasteiger partial charge in [0.2, 0.25) is 0 Å². The van der Waals surface area contributed by atoms with Gasteiger partial charge in [-0.15, -0.1) is 0 Å². The quantitative estimate of drug-likeness (QED) is 0.640. The van der Waals surface area contributed by atoms with Gasteiger partial charge in [0, 0.05) is 23.6 Å². The van der Waals surface area contributed by atoms with Crippen molar-refractivity contribution in [3.63, 3.8) is 0 Å². The van der Waals surface area contributed by atoms with Crippen molar-refractivity contribution in [3.05, 3.63) is 29.3 Å². The molecule has 0 aliphatic heterocycles. The molecule has 0 saturated carbocycles. The van der Waals surface area contributed by atoms with Crippen LogP contribution in [0.3, 0.4) is 0 Å². The second kappa shape index (κ2) is 9.20. The average molecular weight is 285 g/mol. The normalized spacial score (nSPS) is 12.4. The van der Waals surface area contributed by atoms with E-state index in [1.54, 1.807) is 18.9 Å². The summed E-state index contributed by atoms with van der Waals surface area (Å²) < 4.78 is 5.34. The zero-order valence-electron chi connectivity index (χ0n) is 11.6. The lowest BCUT2D eigenvalue weighted by atomic mass is 10.1. The second-order valence-electron chi connectivity index (χ2n) is 4.28. The van der Waals surface area contributed by atoms with Gasteiger partial charge in [0.1, 0.15) is 5.75 Å². The Hall–Kier alpha value is -0.750. The molecule has 0 spiro atoms. The summed E-state index contributed by atoms with van der Waals surface area (Å²) in [6.07, 6.45) is -0.652. The highest BCUT2D eigenvalue weighted by Gasteiger charge is 2.07. The summed E-state index contributed by atoms with van der Waals surface area (Å²) in [4.78, 5) is 0. The van der Waals surface area contributed by atoms with Crippen molar-refractivity contribution in [1.29, 1.82) is 0 Å². The zero-order chi connectivity index (χ0) is 14.1. The van der Waals surface area contributed by atoms with E-state index < -0.39 is 6.10 Å². The van der Waals surface area contributed by atoms with Crippen LogP contribution in [0, 0.1) is 0 Å². The maximum atomic E-state index is 9.32. The summed E-state index contributed by atoms with van der Waals surface area (Å²) in [6.45, 7) is 3.68. The third kappa shape index (κ3) is 5.82. The molecule has 5 heteroatoms. The lowest BCUT2D eigenvalue weighted by molar-refractivity contribution is 0.113. The van der Waals surface area contributed by atoms with Crippen LogP contribution in [0.1, 0.15) is 18.1 Å². The molecule has 1 aromatic rings. The maximum Gasteiger partial charge on any atom is 0.122 e. The number of hydrogen-bond donors (Lipinski definition) is 3. The van der Waals surface area contributed by atoms with Crippen LogP contribution in [0.4, 0.5) is 0 Å². The van der Waals surface area contributed by atoms with Crippen LogP contribution < -0.4 is 10.1 Å². The lowest BCUT2D eigenvalue weighted by Gasteiger charge is -2.12. The van der Waals surface area contributed by atoms with Crippen molar-refractivity contribution < 1.29 is 14.9 Å². The third-order valence-corrected chi connectivity index (χ3v) is 3.84. The van der Waals surface area contributed by atoms with Gasteiger partial charge in [0.15, 0.2) is 0 Å². The van der Waals surface area contributed by atoms with Gasteiger partial charge in [0.25, 0.3) is 0 Å². The molecule has 0 bridgehead atoms. The molecule has 4 nitrogen and oxygen atoms in total. The molecule has 0 radical (unpaired) electrons. The minimum Gasteiger partial charge on any atom is -0.496 e. The first-order chi connectivity index (χ1) is 9.21. The highest BCUT2D eigenvalue weighted by molar-refractivity contribution is 7.98. The number of thioether (sulfide) groups is 1. The lowest BCUT2D eigenvalue weighted by Crippen LogP contribution is -2.15. The fourth-order valence-corrected chi connectivity index (χ4v) is 2.62. The third-order valence-electron chi connectivity index (χ3n) is 2.70. The smallest absolute Gasteiger partial charge is 0.122 e. The van der Waals surface area contributed by atoms with Crippen LogP contribution in [-0.4, -0.2) is 42.3 Å². The minimum absolute atomic E-state index is 0.190. The molecular formula is C14H23NO3S. The highest BCUT2D eigenvalue weighted by atomic mass is 32.2. The topological polar surface area (TPSA) is 61.7 Å². The van der Waals surface area contributed by atoms with E-state index in [-0.39, 0.29) is 6.61 Å². The van der Waals surface area contributed by atoms with E-state index in [1.807, 2.05) is 6.07 Å². The van der Waals surface area contributed by atoms with Gasteiger partial charge < -0.3 is 20.3 Å². The summed E-state index contributed by atoms with van der Waals surface area (Å²) in [5, 5.41) is 21.4. The number of hydrogen-bond acceptors (Lipinski definition) is 5. The monoisotopic (exact) mass is 285 g/mol. The van der Waals surface area contributed by atoms with Crippen LogP contribution >= 0.6 is 11.8 Å². The molecule has 108 valence electrons. The average Bonchev–Trinajstić information content (AvgIpc) is 2.45. The SMILES string of the molecule is CCNCc1ccc(OC)c(CSCC(O)CO)c1. The van der Waals surface area contributed by atoms with Crippen molar-refractivity contribution in [1.82, 2.24) is 5.32 Å². The Labute approximate surface area is 119 Å². The number of rotatable bonds is 9. The van der Waals surface area contributed by atoms with Gasteiger partial charge in [-0.3, -0.25) is 0 Å². The van der Waals surface area contributed by atoms with Gasteiger partial charge in [-0.1, -0.05) is 13.0 Å². The first-order valence-corrected chi connectivity index (χ1v) is 7.59. The van der Waals surface area contributed by atoms with Crippen molar-refractivity contribution in [2.75, 3.05) is 26.0 Å². The second-order valence-corrected chi connectivity index (χ2v) is 5.31. The maximum absolute atomic E-state index is 9.32. The Morgan fingerprint density at radius 3 is 2.84 bits per heavy atom. The summed E-state index contributed by atoms with van der Waals surface area (Å²) in [7, 11) is 1.66. The number of benzene rings is 1. The number of ether oxygens (including phenoxy) is 1. The fraction of sp³-hybridized carbons (Fsp3) is 0.571. The van der Waals surface area contributed by atoms with Crippen molar-refractivity contribution in [3.8, 4) is 5.75 Å². The molecule has 0 aliphatic rings. The van der Waals surface area contributed by atoms with Crippen LogP contribution in [0.25, 0.3) is 0 Å². The molecule has 0 amide bonds. The molecule has 1 unspecified atom stereocenters. The predicted molar refractivity (Wildman–Crippen MR) is 79.6 cm³/mol. The van der Waals surface area contributed by atoms with Crippen LogP contribution in [-0.2, 0) is 12.3 Å². The van der Waals surface area contributed by atoms with Gasteiger partial charge in [-0.2, -0.15) is 11.8 Å². The zero-order valence-corrected chi connectivity index (χ0v) is 12.4. The summed E-state index contributed by atoms with van der Waals surface area (Å²) in [5.74, 6) is 2.16. The summed E-state index contributed by atoms with van der Waals surface area (Å²) in [5.41, 5.74) is 2.34. The van der Waals surface area contributed by atoms with Crippen molar-refractivity contribution in [2.24, 2.45) is 0 Å². The molecule has 1 rings (SSSR count). The molecule has 0 aliphatic carbocycles. The molecule has 1 aromatic carbocycles. The highest BCUT2D eigenvalue weighted by Crippen LogP contribution is 2.25. The molecule has 0 saturated heterocycles. The molecule has 1 atom stereocenters. The number of aliphatic hydroxyl groups is 2. The Kier molecular flexibility index (Phi) is 7.90. The molecular weight excluding hydrogens is 262 g/mol. The largest absolute Gasteiger partial charge is 0.496 e. The Morgan fingerprint density at radius 1 is 1.42 bits per heavy atom. The first-order valence-electron chi connectivity index (χ1n) is 6.44. The van der Waals surface area contributed by atoms with Gasteiger partial charge in [0.05, 0.1) is 19.8 Å². The van der Waals surface area contributed by atoms with E-state index in [0.29, 0.717) is 5.75 Å². The van der Waals surface area contributed by atoms with E-state index in [0.717, 1.165) is 30.2 Å². The van der Waals surface area contributed by atoms with Gasteiger partial charge >= 0.3 is 0 Å². The molecule has 0 aromatic heterocycles. The number of nitrogens with one attached hydrogen (secondary N) is 1. The Bertz CT molecular complexity index is 374. The van der Waals surface area contributed by atoms with Crippen molar-refractivity contribution >= 4 is 11.8 Å². The molecule has 0 heterocycles. The number of aliphatic hydroxyl groups excluding tert-OH is 2. The van der Waals surface area contributed by atoms with E-state index >= 15 is 0 Å². The standard InChI is InChI=1S/C14H23NO3S/c1-3-15-7-11-4-5-14(18-2)12(6-11)9-19-10-13(17)8-16/h4-6,13,15-17H,3,7-10H2,1-2H3. The van der Waals surface area contributed by atoms with E-state index in [9.17, 15) is 5.11 Å². The van der Waals surface area contributed by atoms with E-state index in [1.165, 1.54) is 5.56 Å². The predicted octanol–water partition coefficient (Wildman–Crippen LogP) is 1.39. The molecule has 3 N–H and O–H groups in total. The molecule has 0 fully saturated rings. The first kappa shape index (κ1) is 16.3. The number of methoxy groups -OCH3 is 1. The fourth-order valence-electron chi connectivity index (χ4n) is 1.68. The van der Waals surface area contributed by atoms with Gasteiger partial charge in [-0.05, 0) is 24.2 Å². The van der Waals surface area contributed by atoms with Crippen LogP contribution in [0.15, 0.2) is 18.2 Å². The van der Waals surface area contributed by atoms with Crippen molar-refractivity contribution in [2.45, 2.75) is 25.3 Å². The minimum atomic E-state index is -0.652. The molecule has 19 heavy (non-hydrogen) atoms. The van der Waals surface area contributed by atoms with Crippen LogP contribution in [0.5, 0.6) is 5.75 Å². The van der Waals surface area contributed by atoms with E-state index in [2.05, 4.69) is 24.4 Å².